The molecule has 1 aliphatic heterocycles. The van der Waals surface area contributed by atoms with E-state index in [1.807, 2.05) is 17.0 Å². The van der Waals surface area contributed by atoms with Gasteiger partial charge in [-0.15, -0.1) is 0 Å². The smallest absolute Gasteiger partial charge is 0.231 e. The van der Waals surface area contributed by atoms with Gasteiger partial charge in [-0.05, 0) is 32.3 Å². The predicted molar refractivity (Wildman–Crippen MR) is 102 cm³/mol. The lowest BCUT2D eigenvalue weighted by Gasteiger charge is -2.31. The van der Waals surface area contributed by atoms with Crippen LogP contribution in [0.3, 0.4) is 0 Å². The number of aryl methyl sites for hydroxylation is 1. The number of rotatable bonds is 7. The molecule has 1 aliphatic rings. The standard InChI is InChI=1S/C21H29N3O2/c1-3-4-5-6-12-19(25)24-13-8-11-18(15-24)21-22-20(23-26-21)17-10-7-9-16(2)14-17/h7,9-10,14,18H,3-6,8,11-13,15H2,1-2H3. The molecule has 1 unspecified atom stereocenters. The van der Waals surface area contributed by atoms with Crippen LogP contribution in [-0.2, 0) is 4.79 Å². The maximum atomic E-state index is 12.5. The predicted octanol–water partition coefficient (Wildman–Crippen LogP) is 4.72. The molecule has 1 aromatic heterocycles. The Balaban J connectivity index is 1.60. The van der Waals surface area contributed by atoms with Crippen LogP contribution in [0.5, 0.6) is 0 Å². The van der Waals surface area contributed by atoms with E-state index in [9.17, 15) is 4.79 Å². The van der Waals surface area contributed by atoms with Crippen molar-refractivity contribution in [1.82, 2.24) is 15.0 Å². The van der Waals surface area contributed by atoms with E-state index in [2.05, 4.69) is 36.1 Å². The number of unbranched alkanes of at least 4 members (excludes halogenated alkanes) is 3. The van der Waals surface area contributed by atoms with Crippen LogP contribution < -0.4 is 0 Å². The van der Waals surface area contributed by atoms with E-state index < -0.39 is 0 Å². The minimum absolute atomic E-state index is 0.148. The second kappa shape index (κ2) is 8.97. The molecule has 0 bridgehead atoms. The second-order valence-electron chi connectivity index (χ2n) is 7.32. The van der Waals surface area contributed by atoms with Crippen molar-refractivity contribution in [2.75, 3.05) is 13.1 Å². The van der Waals surface area contributed by atoms with Gasteiger partial charge in [-0.25, -0.2) is 0 Å². The Morgan fingerprint density at radius 3 is 3.00 bits per heavy atom. The fourth-order valence-electron chi connectivity index (χ4n) is 3.57. The highest BCUT2D eigenvalue weighted by molar-refractivity contribution is 5.76. The molecule has 5 heteroatoms. The first kappa shape index (κ1) is 18.6. The maximum Gasteiger partial charge on any atom is 0.231 e. The molecule has 3 rings (SSSR count). The van der Waals surface area contributed by atoms with Gasteiger partial charge in [0.2, 0.25) is 17.6 Å². The fraction of sp³-hybridized carbons (Fsp3) is 0.571. The molecule has 1 atom stereocenters. The van der Waals surface area contributed by atoms with Gasteiger partial charge in [-0.1, -0.05) is 55.1 Å². The molecule has 2 heterocycles. The van der Waals surface area contributed by atoms with Crippen molar-refractivity contribution in [3.63, 3.8) is 0 Å². The maximum absolute atomic E-state index is 12.5. The summed E-state index contributed by atoms with van der Waals surface area (Å²) in [4.78, 5) is 19.1. The second-order valence-corrected chi connectivity index (χ2v) is 7.32. The molecular formula is C21H29N3O2. The van der Waals surface area contributed by atoms with E-state index in [1.165, 1.54) is 18.4 Å². The van der Waals surface area contributed by atoms with Crippen LogP contribution in [0.1, 0.15) is 69.2 Å². The first-order valence-corrected chi connectivity index (χ1v) is 9.85. The Labute approximate surface area is 155 Å². The van der Waals surface area contributed by atoms with Gasteiger partial charge in [0.05, 0.1) is 5.92 Å². The normalized spacial score (nSPS) is 17.5. The molecule has 0 spiro atoms. The van der Waals surface area contributed by atoms with Crippen LogP contribution in [0.15, 0.2) is 28.8 Å². The van der Waals surface area contributed by atoms with Gasteiger partial charge in [0.25, 0.3) is 0 Å². The van der Waals surface area contributed by atoms with Crippen molar-refractivity contribution in [1.29, 1.82) is 0 Å². The molecule has 0 N–H and O–H groups in total. The zero-order chi connectivity index (χ0) is 18.4. The van der Waals surface area contributed by atoms with E-state index in [-0.39, 0.29) is 11.8 Å². The van der Waals surface area contributed by atoms with Gasteiger partial charge in [0, 0.05) is 25.1 Å². The Morgan fingerprint density at radius 1 is 1.31 bits per heavy atom. The summed E-state index contributed by atoms with van der Waals surface area (Å²) in [7, 11) is 0. The number of carbonyl (C=O) groups is 1. The number of nitrogens with zero attached hydrogens (tertiary/aromatic N) is 3. The number of hydrogen-bond acceptors (Lipinski definition) is 4. The number of amides is 1. The third-order valence-electron chi connectivity index (χ3n) is 5.09. The van der Waals surface area contributed by atoms with Crippen LogP contribution in [0, 0.1) is 6.92 Å². The fourth-order valence-corrected chi connectivity index (χ4v) is 3.57. The van der Waals surface area contributed by atoms with E-state index in [4.69, 9.17) is 4.52 Å². The zero-order valence-corrected chi connectivity index (χ0v) is 15.9. The van der Waals surface area contributed by atoms with Crippen LogP contribution in [0.4, 0.5) is 0 Å². The first-order chi connectivity index (χ1) is 12.7. The molecule has 0 radical (unpaired) electrons. The molecule has 140 valence electrons. The lowest BCUT2D eigenvalue weighted by molar-refractivity contribution is -0.132. The largest absolute Gasteiger partial charge is 0.342 e. The lowest BCUT2D eigenvalue weighted by atomic mass is 9.97. The van der Waals surface area contributed by atoms with Gasteiger partial charge in [0.15, 0.2) is 0 Å². The average molecular weight is 355 g/mol. The summed E-state index contributed by atoms with van der Waals surface area (Å²) >= 11 is 0. The SMILES string of the molecule is CCCCCCC(=O)N1CCCC(c2nc(-c3cccc(C)c3)no2)C1. The minimum atomic E-state index is 0.148. The Hall–Kier alpha value is -2.17. The Kier molecular flexibility index (Phi) is 6.42. The van der Waals surface area contributed by atoms with Gasteiger partial charge in [-0.2, -0.15) is 4.98 Å². The van der Waals surface area contributed by atoms with Crippen molar-refractivity contribution in [2.45, 2.75) is 64.7 Å². The monoisotopic (exact) mass is 355 g/mol. The van der Waals surface area contributed by atoms with Crippen LogP contribution in [-0.4, -0.2) is 34.0 Å². The van der Waals surface area contributed by atoms with Crippen molar-refractivity contribution in [3.8, 4) is 11.4 Å². The molecule has 1 amide bonds. The molecule has 2 aromatic rings. The summed E-state index contributed by atoms with van der Waals surface area (Å²) < 4.78 is 5.54. The van der Waals surface area contributed by atoms with Crippen molar-refractivity contribution in [3.05, 3.63) is 35.7 Å². The zero-order valence-electron chi connectivity index (χ0n) is 15.9. The molecule has 1 saturated heterocycles. The summed E-state index contributed by atoms with van der Waals surface area (Å²) in [5, 5.41) is 4.15. The Bertz CT molecular complexity index is 726. The molecule has 0 aliphatic carbocycles. The first-order valence-electron chi connectivity index (χ1n) is 9.85. The minimum Gasteiger partial charge on any atom is -0.342 e. The van der Waals surface area contributed by atoms with Crippen molar-refractivity contribution in [2.24, 2.45) is 0 Å². The van der Waals surface area contributed by atoms with E-state index in [1.54, 1.807) is 0 Å². The van der Waals surface area contributed by atoms with Crippen LogP contribution in [0.2, 0.25) is 0 Å². The number of aromatic nitrogens is 2. The summed E-state index contributed by atoms with van der Waals surface area (Å²) in [6.07, 6.45) is 7.18. The summed E-state index contributed by atoms with van der Waals surface area (Å²) in [5.74, 6) is 1.70. The van der Waals surface area contributed by atoms with Crippen LogP contribution in [0.25, 0.3) is 11.4 Å². The number of benzene rings is 1. The van der Waals surface area contributed by atoms with Crippen molar-refractivity contribution < 1.29 is 9.32 Å². The molecule has 5 nitrogen and oxygen atoms in total. The van der Waals surface area contributed by atoms with E-state index in [0.29, 0.717) is 24.7 Å². The van der Waals surface area contributed by atoms with E-state index >= 15 is 0 Å². The quantitative estimate of drug-likeness (QED) is 0.674. The number of likely N-dealkylation sites (tertiary alicyclic amines) is 1. The lowest BCUT2D eigenvalue weighted by Crippen LogP contribution is -2.39. The number of piperidine rings is 1. The molecule has 1 aromatic carbocycles. The molecular weight excluding hydrogens is 326 g/mol. The number of carbonyl (C=O) groups excluding carboxylic acids is 1. The summed E-state index contributed by atoms with van der Waals surface area (Å²) in [5.41, 5.74) is 2.14. The Morgan fingerprint density at radius 2 is 2.19 bits per heavy atom. The summed E-state index contributed by atoms with van der Waals surface area (Å²) in [6, 6.07) is 8.10. The van der Waals surface area contributed by atoms with E-state index in [0.717, 1.165) is 37.8 Å². The molecule has 26 heavy (non-hydrogen) atoms. The van der Waals surface area contributed by atoms with Gasteiger partial charge in [-0.3, -0.25) is 4.79 Å². The third-order valence-corrected chi connectivity index (χ3v) is 5.09. The van der Waals surface area contributed by atoms with Gasteiger partial charge < -0.3 is 9.42 Å². The highest BCUT2D eigenvalue weighted by Gasteiger charge is 2.28. The highest BCUT2D eigenvalue weighted by atomic mass is 16.5. The third kappa shape index (κ3) is 4.71. The van der Waals surface area contributed by atoms with Crippen LogP contribution >= 0.6 is 0 Å². The van der Waals surface area contributed by atoms with Gasteiger partial charge >= 0.3 is 0 Å². The molecule has 1 fully saturated rings. The summed E-state index contributed by atoms with van der Waals surface area (Å²) in [6.45, 7) is 5.78. The van der Waals surface area contributed by atoms with Crippen molar-refractivity contribution >= 4 is 5.91 Å². The number of hydrogen-bond donors (Lipinski definition) is 0. The van der Waals surface area contributed by atoms with Gasteiger partial charge in [0.1, 0.15) is 0 Å². The average Bonchev–Trinajstić information content (AvgIpc) is 3.15. The topological polar surface area (TPSA) is 59.2 Å². The highest BCUT2D eigenvalue weighted by Crippen LogP contribution is 2.28. The molecule has 0 saturated carbocycles.